The zero-order valence-corrected chi connectivity index (χ0v) is 11.0. The van der Waals surface area contributed by atoms with Gasteiger partial charge in [-0.3, -0.25) is 4.79 Å². The summed E-state index contributed by atoms with van der Waals surface area (Å²) >= 11 is 1.35. The topological polar surface area (TPSA) is 106 Å². The average molecular weight is 270 g/mol. The Morgan fingerprint density at radius 1 is 1.50 bits per heavy atom. The largest absolute Gasteiger partial charge is 0.434 e. The molecule has 8 heteroatoms. The van der Waals surface area contributed by atoms with Crippen LogP contribution in [0, 0.1) is 22.8 Å². The standard InChI is InChI=1S/C10H14N4O3S/c1-3-14(7-12)9(15)8(6-18-2)13-10(16)17-5-4-11/h8H,3,5-6H2,1-2H3,(H,13,16). The van der Waals surface area contributed by atoms with Gasteiger partial charge in [-0.05, 0) is 13.2 Å². The Hall–Kier alpha value is -1.93. The van der Waals surface area contributed by atoms with E-state index >= 15 is 0 Å². The summed E-state index contributed by atoms with van der Waals surface area (Å²) in [6, 6.07) is 0.800. The molecular formula is C10H14N4O3S. The molecule has 98 valence electrons. The van der Waals surface area contributed by atoms with Gasteiger partial charge in [0.05, 0.1) is 0 Å². The van der Waals surface area contributed by atoms with Gasteiger partial charge in [-0.2, -0.15) is 22.3 Å². The number of nitrogens with one attached hydrogen (secondary N) is 1. The number of carbonyl (C=O) groups is 2. The van der Waals surface area contributed by atoms with Crippen LogP contribution in [-0.2, 0) is 9.53 Å². The fourth-order valence-electron chi connectivity index (χ4n) is 1.09. The van der Waals surface area contributed by atoms with Crippen molar-refractivity contribution in [1.29, 1.82) is 10.5 Å². The molecule has 1 N–H and O–H groups in total. The number of nitriles is 2. The maximum Gasteiger partial charge on any atom is 0.408 e. The van der Waals surface area contributed by atoms with Crippen molar-refractivity contribution in [3.05, 3.63) is 0 Å². The summed E-state index contributed by atoms with van der Waals surface area (Å²) in [5.74, 6) is -0.179. The molecule has 7 nitrogen and oxygen atoms in total. The first-order chi connectivity index (χ1) is 8.60. The quantitative estimate of drug-likeness (QED) is 0.549. The summed E-state index contributed by atoms with van der Waals surface area (Å²) in [6.45, 7) is 1.50. The second kappa shape index (κ2) is 9.14. The summed E-state index contributed by atoms with van der Waals surface area (Å²) in [5.41, 5.74) is 0. The van der Waals surface area contributed by atoms with Gasteiger partial charge >= 0.3 is 6.09 Å². The van der Waals surface area contributed by atoms with Crippen molar-refractivity contribution in [1.82, 2.24) is 10.2 Å². The molecule has 0 saturated heterocycles. The molecule has 0 aliphatic rings. The van der Waals surface area contributed by atoms with Crippen molar-refractivity contribution in [2.45, 2.75) is 13.0 Å². The summed E-state index contributed by atoms with van der Waals surface area (Å²) in [7, 11) is 0. The molecule has 0 saturated carbocycles. The Morgan fingerprint density at radius 2 is 2.17 bits per heavy atom. The van der Waals surface area contributed by atoms with E-state index in [1.54, 1.807) is 25.4 Å². The number of hydrogen-bond acceptors (Lipinski definition) is 6. The van der Waals surface area contributed by atoms with Crippen molar-refractivity contribution in [2.75, 3.05) is 25.2 Å². The highest BCUT2D eigenvalue weighted by atomic mass is 32.2. The zero-order valence-electron chi connectivity index (χ0n) is 10.2. The molecule has 0 aliphatic heterocycles. The van der Waals surface area contributed by atoms with Gasteiger partial charge in [0.1, 0.15) is 12.1 Å². The lowest BCUT2D eigenvalue weighted by atomic mass is 10.3. The molecule has 1 unspecified atom stereocenters. The van der Waals surface area contributed by atoms with Gasteiger partial charge in [0.2, 0.25) is 0 Å². The van der Waals surface area contributed by atoms with E-state index in [0.29, 0.717) is 5.75 Å². The molecule has 2 amide bonds. The van der Waals surface area contributed by atoms with Crippen LogP contribution in [0.2, 0.25) is 0 Å². The van der Waals surface area contributed by atoms with Crippen molar-refractivity contribution >= 4 is 23.8 Å². The average Bonchev–Trinajstić information content (AvgIpc) is 2.37. The summed E-state index contributed by atoms with van der Waals surface area (Å²) < 4.78 is 4.49. The maximum absolute atomic E-state index is 11.9. The zero-order chi connectivity index (χ0) is 14.0. The van der Waals surface area contributed by atoms with Crippen LogP contribution in [0.15, 0.2) is 0 Å². The van der Waals surface area contributed by atoms with E-state index < -0.39 is 18.0 Å². The maximum atomic E-state index is 11.9. The van der Waals surface area contributed by atoms with Gasteiger partial charge in [-0.1, -0.05) is 0 Å². The van der Waals surface area contributed by atoms with Crippen LogP contribution in [0.3, 0.4) is 0 Å². The molecule has 0 spiro atoms. The Labute approximate surface area is 110 Å². The monoisotopic (exact) mass is 270 g/mol. The number of carbonyl (C=O) groups excluding carboxylic acids is 2. The molecule has 0 bridgehead atoms. The Morgan fingerprint density at radius 3 is 2.61 bits per heavy atom. The van der Waals surface area contributed by atoms with Crippen LogP contribution < -0.4 is 5.32 Å². The molecule has 0 radical (unpaired) electrons. The van der Waals surface area contributed by atoms with E-state index in [1.165, 1.54) is 11.8 Å². The number of amides is 2. The number of nitrogens with zero attached hydrogens (tertiary/aromatic N) is 3. The van der Waals surface area contributed by atoms with Crippen LogP contribution in [-0.4, -0.2) is 48.1 Å². The number of likely N-dealkylation sites (N-methyl/N-ethyl adjacent to an activating group) is 1. The predicted octanol–water partition coefficient (Wildman–Crippen LogP) is 0.297. The first-order valence-electron chi connectivity index (χ1n) is 5.10. The van der Waals surface area contributed by atoms with Crippen molar-refractivity contribution in [3.63, 3.8) is 0 Å². The van der Waals surface area contributed by atoms with E-state index in [4.69, 9.17) is 10.5 Å². The van der Waals surface area contributed by atoms with Gasteiger partial charge in [0.15, 0.2) is 12.8 Å². The predicted molar refractivity (Wildman–Crippen MR) is 65.3 cm³/mol. The Bertz CT molecular complexity index is 374. The molecule has 0 fully saturated rings. The molecule has 0 rings (SSSR count). The van der Waals surface area contributed by atoms with Gasteiger partial charge in [0, 0.05) is 12.3 Å². The van der Waals surface area contributed by atoms with Crippen LogP contribution in [0.5, 0.6) is 0 Å². The molecular weight excluding hydrogens is 256 g/mol. The normalized spacial score (nSPS) is 10.7. The lowest BCUT2D eigenvalue weighted by Crippen LogP contribution is -2.48. The fraction of sp³-hybridized carbons (Fsp3) is 0.600. The highest BCUT2D eigenvalue weighted by molar-refractivity contribution is 7.98. The SMILES string of the molecule is CCN(C#N)C(=O)C(CSC)NC(=O)OCC#N. The number of ether oxygens (including phenoxy) is 1. The third-order valence-electron chi connectivity index (χ3n) is 1.89. The van der Waals surface area contributed by atoms with E-state index in [1.807, 2.05) is 0 Å². The van der Waals surface area contributed by atoms with Crippen LogP contribution >= 0.6 is 11.8 Å². The van der Waals surface area contributed by atoms with E-state index in [0.717, 1.165) is 4.90 Å². The minimum Gasteiger partial charge on any atom is -0.434 e. The number of rotatable bonds is 6. The van der Waals surface area contributed by atoms with Gasteiger partial charge in [0.25, 0.3) is 5.91 Å². The van der Waals surface area contributed by atoms with Crippen LogP contribution in [0.25, 0.3) is 0 Å². The fourth-order valence-corrected chi connectivity index (χ4v) is 1.65. The lowest BCUT2D eigenvalue weighted by Gasteiger charge is -2.20. The first-order valence-corrected chi connectivity index (χ1v) is 6.50. The van der Waals surface area contributed by atoms with Crippen LogP contribution in [0.4, 0.5) is 4.79 Å². The molecule has 0 aromatic heterocycles. The lowest BCUT2D eigenvalue weighted by molar-refractivity contribution is -0.129. The molecule has 0 aliphatic carbocycles. The molecule has 0 aromatic carbocycles. The van der Waals surface area contributed by atoms with Crippen LogP contribution in [0.1, 0.15) is 6.92 Å². The molecule has 0 aromatic rings. The minimum atomic E-state index is -0.849. The number of thioether (sulfide) groups is 1. The highest BCUT2D eigenvalue weighted by Crippen LogP contribution is 2.02. The van der Waals surface area contributed by atoms with E-state index in [2.05, 4.69) is 10.1 Å². The van der Waals surface area contributed by atoms with Gasteiger partial charge < -0.3 is 10.1 Å². The summed E-state index contributed by atoms with van der Waals surface area (Å²) in [6.07, 6.45) is 2.66. The number of alkyl carbamates (subject to hydrolysis) is 1. The van der Waals surface area contributed by atoms with E-state index in [9.17, 15) is 9.59 Å². The molecule has 1 atom stereocenters. The number of hydrogen-bond donors (Lipinski definition) is 1. The third-order valence-corrected chi connectivity index (χ3v) is 2.56. The van der Waals surface area contributed by atoms with Crippen molar-refractivity contribution in [2.24, 2.45) is 0 Å². The summed E-state index contributed by atoms with van der Waals surface area (Å²) in [5, 5.41) is 19.3. The minimum absolute atomic E-state index is 0.231. The van der Waals surface area contributed by atoms with Gasteiger partial charge in [-0.15, -0.1) is 0 Å². The first kappa shape index (κ1) is 16.1. The second-order valence-electron chi connectivity index (χ2n) is 3.07. The van der Waals surface area contributed by atoms with E-state index in [-0.39, 0.29) is 13.2 Å². The Balaban J connectivity index is 4.57. The molecule has 18 heavy (non-hydrogen) atoms. The Kier molecular flexibility index (Phi) is 8.16. The second-order valence-corrected chi connectivity index (χ2v) is 3.98. The smallest absolute Gasteiger partial charge is 0.408 e. The van der Waals surface area contributed by atoms with Gasteiger partial charge in [-0.25, -0.2) is 9.69 Å². The summed E-state index contributed by atoms with van der Waals surface area (Å²) in [4.78, 5) is 24.1. The van der Waals surface area contributed by atoms with Crippen molar-refractivity contribution in [3.8, 4) is 12.3 Å². The third kappa shape index (κ3) is 5.41. The molecule has 0 heterocycles. The van der Waals surface area contributed by atoms with Crippen molar-refractivity contribution < 1.29 is 14.3 Å². The highest BCUT2D eigenvalue weighted by Gasteiger charge is 2.25.